The van der Waals surface area contributed by atoms with Crippen molar-refractivity contribution in [2.45, 2.75) is 18.2 Å². The Morgan fingerprint density at radius 1 is 1.13 bits per heavy atom. The van der Waals surface area contributed by atoms with Crippen LogP contribution < -0.4 is 5.56 Å². The van der Waals surface area contributed by atoms with E-state index in [2.05, 4.69) is 20.9 Å². The smallest absolute Gasteiger partial charge is 0.262 e. The molecule has 6 nitrogen and oxygen atoms in total. The van der Waals surface area contributed by atoms with Gasteiger partial charge in [-0.3, -0.25) is 14.2 Å². The van der Waals surface area contributed by atoms with Gasteiger partial charge in [0.05, 0.1) is 29.5 Å². The van der Waals surface area contributed by atoms with Gasteiger partial charge < -0.3 is 9.32 Å². The van der Waals surface area contributed by atoms with Crippen LogP contribution in [0.2, 0.25) is 0 Å². The van der Waals surface area contributed by atoms with Gasteiger partial charge in [0.2, 0.25) is 5.91 Å². The van der Waals surface area contributed by atoms with E-state index < -0.39 is 0 Å². The predicted molar refractivity (Wildman–Crippen MR) is 125 cm³/mol. The van der Waals surface area contributed by atoms with Crippen LogP contribution in [0.5, 0.6) is 0 Å². The van der Waals surface area contributed by atoms with Crippen molar-refractivity contribution in [1.29, 1.82) is 0 Å². The summed E-state index contributed by atoms with van der Waals surface area (Å²) in [6, 6.07) is 18.7. The van der Waals surface area contributed by atoms with Crippen LogP contribution in [0.3, 0.4) is 0 Å². The Morgan fingerprint density at radius 3 is 2.65 bits per heavy atom. The van der Waals surface area contributed by atoms with Crippen LogP contribution in [0.15, 0.2) is 85.8 Å². The molecule has 158 valence electrons. The Balaban J connectivity index is 1.54. The minimum absolute atomic E-state index is 0.0418. The number of furan rings is 1. The molecule has 0 saturated heterocycles. The van der Waals surface area contributed by atoms with Gasteiger partial charge in [0.25, 0.3) is 5.56 Å². The number of carbonyl (C=O) groups excluding carboxylic acids is 1. The molecule has 4 aromatic rings. The highest BCUT2D eigenvalue weighted by atomic mass is 79.9. The summed E-state index contributed by atoms with van der Waals surface area (Å²) in [4.78, 5) is 32.1. The zero-order valence-electron chi connectivity index (χ0n) is 16.8. The molecule has 2 aromatic heterocycles. The second-order valence-electron chi connectivity index (χ2n) is 7.05. The number of amides is 1. The van der Waals surface area contributed by atoms with E-state index in [4.69, 9.17) is 4.42 Å². The molecule has 0 radical (unpaired) electrons. The average molecular weight is 498 g/mol. The molecule has 0 N–H and O–H groups in total. The molecule has 0 aliphatic heterocycles. The lowest BCUT2D eigenvalue weighted by Gasteiger charge is -2.18. The van der Waals surface area contributed by atoms with Crippen molar-refractivity contribution in [1.82, 2.24) is 14.5 Å². The van der Waals surface area contributed by atoms with Crippen molar-refractivity contribution >= 4 is 44.5 Å². The van der Waals surface area contributed by atoms with Gasteiger partial charge in [-0.25, -0.2) is 4.98 Å². The fraction of sp³-hybridized carbons (Fsp3) is 0.174. The number of halogens is 1. The number of fused-ring (bicyclic) bond motifs is 1. The van der Waals surface area contributed by atoms with E-state index in [1.807, 2.05) is 42.5 Å². The molecule has 0 spiro atoms. The van der Waals surface area contributed by atoms with Crippen molar-refractivity contribution < 1.29 is 9.21 Å². The van der Waals surface area contributed by atoms with Crippen molar-refractivity contribution in [2.24, 2.45) is 0 Å². The van der Waals surface area contributed by atoms with Gasteiger partial charge in [-0.15, -0.1) is 0 Å². The third kappa shape index (κ3) is 5.08. The number of thioether (sulfide) groups is 1. The fourth-order valence-corrected chi connectivity index (χ4v) is 4.35. The summed E-state index contributed by atoms with van der Waals surface area (Å²) in [5, 5.41) is 1.03. The molecule has 0 atom stereocenters. The lowest BCUT2D eigenvalue weighted by atomic mass is 10.2. The number of hydrogen-bond acceptors (Lipinski definition) is 5. The van der Waals surface area contributed by atoms with Crippen molar-refractivity contribution in [3.05, 3.63) is 93.1 Å². The first-order valence-corrected chi connectivity index (χ1v) is 11.4. The molecule has 0 bridgehead atoms. The first-order chi connectivity index (χ1) is 15.0. The highest BCUT2D eigenvalue weighted by Crippen LogP contribution is 2.20. The molecule has 1 amide bonds. The van der Waals surface area contributed by atoms with Gasteiger partial charge in [-0.2, -0.15) is 0 Å². The van der Waals surface area contributed by atoms with E-state index in [1.165, 1.54) is 11.8 Å². The number of benzene rings is 2. The molecule has 2 heterocycles. The molecule has 0 aliphatic carbocycles. The Kier molecular flexibility index (Phi) is 6.58. The summed E-state index contributed by atoms with van der Waals surface area (Å²) < 4.78 is 7.98. The molecule has 0 saturated carbocycles. The lowest BCUT2D eigenvalue weighted by molar-refractivity contribution is -0.127. The summed E-state index contributed by atoms with van der Waals surface area (Å²) in [6.45, 7) is 0.770. The highest BCUT2D eigenvalue weighted by Gasteiger charge is 2.16. The Hall–Kier alpha value is -2.84. The van der Waals surface area contributed by atoms with E-state index in [-0.39, 0.29) is 23.8 Å². The van der Waals surface area contributed by atoms with Crippen molar-refractivity contribution in [3.8, 4) is 0 Å². The van der Waals surface area contributed by atoms with Gasteiger partial charge >= 0.3 is 0 Å². The molecule has 8 heteroatoms. The predicted octanol–water partition coefficient (Wildman–Crippen LogP) is 4.55. The standard InChI is InChI=1S/C23H20BrN3O3S/c1-26(13-16-8-10-17(24)11-9-16)21(28)15-31-23-25-20-7-3-2-6-19(20)22(29)27(23)14-18-5-4-12-30-18/h2-12H,13-15H2,1H3. The summed E-state index contributed by atoms with van der Waals surface area (Å²) in [5.74, 6) is 0.787. The molecule has 2 aromatic carbocycles. The molecular weight excluding hydrogens is 478 g/mol. The number of para-hydroxylation sites is 1. The fourth-order valence-electron chi connectivity index (χ4n) is 3.14. The summed E-state index contributed by atoms with van der Waals surface area (Å²) >= 11 is 4.68. The van der Waals surface area contributed by atoms with Crippen LogP contribution >= 0.6 is 27.7 Å². The number of hydrogen-bond donors (Lipinski definition) is 0. The molecule has 0 unspecified atom stereocenters. The van der Waals surface area contributed by atoms with Gasteiger partial charge in [-0.05, 0) is 42.0 Å². The van der Waals surface area contributed by atoms with Gasteiger partial charge in [-0.1, -0.05) is 52.0 Å². The minimum Gasteiger partial charge on any atom is -0.467 e. The van der Waals surface area contributed by atoms with Crippen LogP contribution in [0.1, 0.15) is 11.3 Å². The minimum atomic E-state index is -0.153. The van der Waals surface area contributed by atoms with Crippen molar-refractivity contribution in [2.75, 3.05) is 12.8 Å². The van der Waals surface area contributed by atoms with E-state index >= 15 is 0 Å². The normalized spacial score (nSPS) is 11.0. The highest BCUT2D eigenvalue weighted by molar-refractivity contribution is 9.10. The zero-order valence-corrected chi connectivity index (χ0v) is 19.2. The number of aromatic nitrogens is 2. The quantitative estimate of drug-likeness (QED) is 0.276. The van der Waals surface area contributed by atoms with Gasteiger partial charge in [0, 0.05) is 18.1 Å². The van der Waals surface area contributed by atoms with E-state index in [0.29, 0.717) is 28.4 Å². The van der Waals surface area contributed by atoms with E-state index in [0.717, 1.165) is 10.0 Å². The largest absolute Gasteiger partial charge is 0.467 e. The second-order valence-corrected chi connectivity index (χ2v) is 8.91. The van der Waals surface area contributed by atoms with Gasteiger partial charge in [0.15, 0.2) is 5.16 Å². The third-order valence-corrected chi connectivity index (χ3v) is 6.29. The lowest BCUT2D eigenvalue weighted by Crippen LogP contribution is -2.29. The Labute approximate surface area is 192 Å². The van der Waals surface area contributed by atoms with Crippen LogP contribution in [0.25, 0.3) is 10.9 Å². The number of rotatable bonds is 7. The second kappa shape index (κ2) is 9.53. The van der Waals surface area contributed by atoms with E-state index in [1.54, 1.807) is 41.0 Å². The zero-order chi connectivity index (χ0) is 21.8. The first kappa shape index (κ1) is 21.4. The van der Waals surface area contributed by atoms with Crippen LogP contribution in [-0.4, -0.2) is 33.2 Å². The summed E-state index contributed by atoms with van der Waals surface area (Å²) in [7, 11) is 1.77. The molecule has 4 rings (SSSR count). The maximum absolute atomic E-state index is 13.1. The van der Waals surface area contributed by atoms with Gasteiger partial charge in [0.1, 0.15) is 5.76 Å². The third-order valence-electron chi connectivity index (χ3n) is 4.80. The summed E-state index contributed by atoms with van der Waals surface area (Å²) in [6.07, 6.45) is 1.57. The maximum atomic E-state index is 13.1. The van der Waals surface area contributed by atoms with Crippen LogP contribution in [0, 0.1) is 0 Å². The van der Waals surface area contributed by atoms with Crippen molar-refractivity contribution in [3.63, 3.8) is 0 Å². The number of nitrogens with zero attached hydrogens (tertiary/aromatic N) is 3. The molecule has 0 fully saturated rings. The van der Waals surface area contributed by atoms with Crippen LogP contribution in [-0.2, 0) is 17.9 Å². The van der Waals surface area contributed by atoms with E-state index in [9.17, 15) is 9.59 Å². The Morgan fingerprint density at radius 2 is 1.90 bits per heavy atom. The topological polar surface area (TPSA) is 68.3 Å². The monoisotopic (exact) mass is 497 g/mol. The molecule has 0 aliphatic rings. The van der Waals surface area contributed by atoms with Crippen LogP contribution in [0.4, 0.5) is 0 Å². The molecule has 31 heavy (non-hydrogen) atoms. The molecular formula is C23H20BrN3O3S. The Bertz CT molecular complexity index is 1250. The number of carbonyl (C=O) groups is 1. The first-order valence-electron chi connectivity index (χ1n) is 9.64. The average Bonchev–Trinajstić information content (AvgIpc) is 3.29. The SMILES string of the molecule is CN(Cc1ccc(Br)cc1)C(=O)CSc1nc2ccccc2c(=O)n1Cc1ccco1. The maximum Gasteiger partial charge on any atom is 0.262 e. The summed E-state index contributed by atoms with van der Waals surface area (Å²) in [5.41, 5.74) is 1.50.